The van der Waals surface area contributed by atoms with Crippen LogP contribution in [0.5, 0.6) is 0 Å². The second kappa shape index (κ2) is 9.38. The molecule has 4 rings (SSSR count). The Bertz CT molecular complexity index is 1200. The van der Waals surface area contributed by atoms with Crippen LogP contribution in [0.15, 0.2) is 88.7 Å². The number of hydrogen-bond acceptors (Lipinski definition) is 4. The monoisotopic (exact) mass is 466 g/mol. The molecule has 3 aromatic carbocycles. The van der Waals surface area contributed by atoms with Crippen molar-refractivity contribution < 1.29 is 13.2 Å². The zero-order valence-electron chi connectivity index (χ0n) is 18.1. The van der Waals surface area contributed by atoms with Crippen LogP contribution in [-0.4, -0.2) is 32.7 Å². The van der Waals surface area contributed by atoms with Crippen molar-refractivity contribution in [2.24, 2.45) is 0 Å². The summed E-state index contributed by atoms with van der Waals surface area (Å²) in [5, 5.41) is 0.416. The van der Waals surface area contributed by atoms with Gasteiger partial charge in [-0.3, -0.25) is 9.10 Å². The van der Waals surface area contributed by atoms with Crippen molar-refractivity contribution in [2.75, 3.05) is 22.3 Å². The number of para-hydroxylation sites is 2. The summed E-state index contributed by atoms with van der Waals surface area (Å²) in [7, 11) is -3.73. The van der Waals surface area contributed by atoms with Crippen LogP contribution in [0.25, 0.3) is 0 Å². The predicted octanol–water partition coefficient (Wildman–Crippen LogP) is 5.43. The van der Waals surface area contributed by atoms with Gasteiger partial charge < -0.3 is 4.90 Å². The van der Waals surface area contributed by atoms with Crippen molar-refractivity contribution in [1.29, 1.82) is 0 Å². The van der Waals surface area contributed by atoms with Crippen molar-refractivity contribution in [3.8, 4) is 0 Å². The van der Waals surface area contributed by atoms with Crippen molar-refractivity contribution in [3.63, 3.8) is 0 Å². The first kappa shape index (κ1) is 22.4. The lowest BCUT2D eigenvalue weighted by atomic mass is 10.1. The van der Waals surface area contributed by atoms with Gasteiger partial charge >= 0.3 is 0 Å². The largest absolute Gasteiger partial charge is 0.307 e. The average Bonchev–Trinajstić information content (AvgIpc) is 2.98. The molecule has 7 heteroatoms. The van der Waals surface area contributed by atoms with Gasteiger partial charge in [0, 0.05) is 28.8 Å². The number of carbonyl (C=O) groups is 1. The minimum atomic E-state index is -3.73. The molecular weight excluding hydrogens is 440 g/mol. The molecule has 0 N–H and O–H groups in total. The summed E-state index contributed by atoms with van der Waals surface area (Å²) < 4.78 is 27.8. The van der Waals surface area contributed by atoms with E-state index in [2.05, 4.69) is 6.92 Å². The molecule has 166 valence electrons. The summed E-state index contributed by atoms with van der Waals surface area (Å²) in [5.74, 6) is -0.119. The third kappa shape index (κ3) is 4.40. The number of thioether (sulfide) groups is 1. The van der Waals surface area contributed by atoms with Crippen molar-refractivity contribution in [2.45, 2.75) is 35.3 Å². The van der Waals surface area contributed by atoms with Crippen molar-refractivity contribution >= 4 is 39.1 Å². The highest BCUT2D eigenvalue weighted by molar-refractivity contribution is 8.00. The van der Waals surface area contributed by atoms with Gasteiger partial charge in [0.05, 0.1) is 16.3 Å². The minimum Gasteiger partial charge on any atom is -0.307 e. The fourth-order valence-electron chi connectivity index (χ4n) is 3.84. The Kier molecular flexibility index (Phi) is 6.58. The average molecular weight is 467 g/mol. The number of carbonyl (C=O) groups excluding carboxylic acids is 1. The van der Waals surface area contributed by atoms with Gasteiger partial charge in [0.25, 0.3) is 15.9 Å². The summed E-state index contributed by atoms with van der Waals surface area (Å²) >= 11 is 1.78. The third-order valence-electron chi connectivity index (χ3n) is 5.51. The van der Waals surface area contributed by atoms with E-state index in [9.17, 15) is 13.2 Å². The van der Waals surface area contributed by atoms with Gasteiger partial charge in [0.2, 0.25) is 0 Å². The molecule has 1 atom stereocenters. The number of benzene rings is 3. The summed E-state index contributed by atoms with van der Waals surface area (Å²) in [6.07, 6.45) is 0.889. The van der Waals surface area contributed by atoms with Gasteiger partial charge in [-0.1, -0.05) is 37.3 Å². The van der Waals surface area contributed by atoms with Gasteiger partial charge in [0.1, 0.15) is 0 Å². The van der Waals surface area contributed by atoms with Gasteiger partial charge in [-0.25, -0.2) is 8.42 Å². The molecule has 32 heavy (non-hydrogen) atoms. The number of anilines is 2. The van der Waals surface area contributed by atoms with Gasteiger partial charge in [-0.2, -0.15) is 0 Å². The maximum Gasteiger partial charge on any atom is 0.264 e. The molecule has 1 amide bonds. The van der Waals surface area contributed by atoms with Crippen LogP contribution in [0.4, 0.5) is 11.4 Å². The summed E-state index contributed by atoms with van der Waals surface area (Å²) in [5.41, 5.74) is 1.99. The second-order valence-electron chi connectivity index (χ2n) is 7.67. The van der Waals surface area contributed by atoms with E-state index >= 15 is 0 Å². The van der Waals surface area contributed by atoms with E-state index in [-0.39, 0.29) is 10.8 Å². The van der Waals surface area contributed by atoms with E-state index in [0.717, 1.165) is 17.0 Å². The number of sulfonamides is 1. The lowest BCUT2D eigenvalue weighted by Gasteiger charge is -2.24. The van der Waals surface area contributed by atoms with Gasteiger partial charge in [0.15, 0.2) is 0 Å². The molecule has 3 aromatic rings. The summed E-state index contributed by atoms with van der Waals surface area (Å²) in [4.78, 5) is 16.4. The van der Waals surface area contributed by atoms with Gasteiger partial charge in [-0.15, -0.1) is 11.8 Å². The van der Waals surface area contributed by atoms with Crippen LogP contribution in [-0.2, 0) is 10.0 Å². The third-order valence-corrected chi connectivity index (χ3v) is 8.66. The lowest BCUT2D eigenvalue weighted by molar-refractivity contribution is 0.0986. The van der Waals surface area contributed by atoms with Gasteiger partial charge in [-0.05, 0) is 61.9 Å². The van der Waals surface area contributed by atoms with Crippen LogP contribution < -0.4 is 9.21 Å². The summed E-state index contributed by atoms with van der Waals surface area (Å²) in [6, 6.07) is 23.2. The topological polar surface area (TPSA) is 57.7 Å². The number of nitrogens with zero attached hydrogens (tertiary/aromatic N) is 2. The quantitative estimate of drug-likeness (QED) is 0.503. The molecule has 1 unspecified atom stereocenters. The molecule has 0 aliphatic carbocycles. The molecule has 1 heterocycles. The van der Waals surface area contributed by atoms with E-state index in [0.29, 0.717) is 29.6 Å². The van der Waals surface area contributed by atoms with E-state index in [1.807, 2.05) is 42.5 Å². The Labute approximate surface area is 194 Å². The highest BCUT2D eigenvalue weighted by Gasteiger charge is 2.27. The molecule has 0 saturated heterocycles. The first-order chi connectivity index (χ1) is 15.4. The normalized spacial score (nSPS) is 16.2. The minimum absolute atomic E-state index is 0.119. The Morgan fingerprint density at radius 2 is 1.66 bits per heavy atom. The molecule has 0 radical (unpaired) electrons. The molecule has 0 aromatic heterocycles. The van der Waals surface area contributed by atoms with Crippen LogP contribution in [0.2, 0.25) is 0 Å². The van der Waals surface area contributed by atoms with Crippen molar-refractivity contribution in [3.05, 3.63) is 84.4 Å². The maximum absolute atomic E-state index is 13.4. The van der Waals surface area contributed by atoms with E-state index < -0.39 is 10.0 Å². The highest BCUT2D eigenvalue weighted by Crippen LogP contribution is 2.38. The Morgan fingerprint density at radius 1 is 1.00 bits per heavy atom. The molecule has 0 spiro atoms. The zero-order valence-corrected chi connectivity index (χ0v) is 19.8. The first-order valence-corrected chi connectivity index (χ1v) is 13.0. The zero-order chi connectivity index (χ0) is 22.7. The predicted molar refractivity (Wildman–Crippen MR) is 131 cm³/mol. The Hall–Kier alpha value is -2.77. The molecule has 5 nitrogen and oxygen atoms in total. The Morgan fingerprint density at radius 3 is 2.34 bits per heavy atom. The smallest absolute Gasteiger partial charge is 0.264 e. The van der Waals surface area contributed by atoms with E-state index in [1.54, 1.807) is 47.9 Å². The number of fused-ring (bicyclic) bond motifs is 1. The lowest BCUT2D eigenvalue weighted by Crippen LogP contribution is -2.32. The molecule has 0 saturated carbocycles. The molecule has 0 fully saturated rings. The fraction of sp³-hybridized carbons (Fsp3) is 0.240. The number of amides is 1. The van der Waals surface area contributed by atoms with Crippen LogP contribution >= 0.6 is 11.8 Å². The fourth-order valence-corrected chi connectivity index (χ4v) is 6.42. The van der Waals surface area contributed by atoms with E-state index in [1.165, 1.54) is 16.4 Å². The number of rotatable bonds is 5. The maximum atomic E-state index is 13.4. The standard InChI is InChI=1S/C25H26N2O3S2/c1-3-27(21-9-5-4-6-10-21)32(29,30)22-15-13-20(14-16-22)25(28)26-18-17-19(2)31-24-12-8-7-11-23(24)26/h4-16,19H,3,17-18H2,1-2H3. The number of hydrogen-bond donors (Lipinski definition) is 0. The van der Waals surface area contributed by atoms with Crippen LogP contribution in [0, 0.1) is 0 Å². The molecule has 1 aliphatic heterocycles. The van der Waals surface area contributed by atoms with Crippen LogP contribution in [0.3, 0.4) is 0 Å². The molecule has 1 aliphatic rings. The van der Waals surface area contributed by atoms with Crippen LogP contribution in [0.1, 0.15) is 30.6 Å². The SMILES string of the molecule is CCN(c1ccccc1)S(=O)(=O)c1ccc(C(=O)N2CCC(C)Sc3ccccc32)cc1. The summed E-state index contributed by atoms with van der Waals surface area (Å²) in [6.45, 7) is 4.91. The molecule has 0 bridgehead atoms. The second-order valence-corrected chi connectivity index (χ2v) is 11.0. The first-order valence-electron chi connectivity index (χ1n) is 10.7. The molecular formula is C25H26N2O3S2. The highest BCUT2D eigenvalue weighted by atomic mass is 32.2. The Balaban J connectivity index is 1.62. The van der Waals surface area contributed by atoms with Crippen molar-refractivity contribution in [1.82, 2.24) is 0 Å². The van der Waals surface area contributed by atoms with E-state index in [4.69, 9.17) is 0 Å².